The lowest BCUT2D eigenvalue weighted by Crippen LogP contribution is -1.99. The van der Waals surface area contributed by atoms with Gasteiger partial charge in [0, 0.05) is 65.6 Å². The van der Waals surface area contributed by atoms with Crippen LogP contribution in [0.5, 0.6) is 17.2 Å². The van der Waals surface area contributed by atoms with Crippen molar-refractivity contribution in [1.29, 1.82) is 0 Å². The van der Waals surface area contributed by atoms with Crippen molar-refractivity contribution in [3.63, 3.8) is 0 Å². The van der Waals surface area contributed by atoms with Gasteiger partial charge in [-0.25, -0.2) is 15.0 Å². The molecule has 72 heavy (non-hydrogen) atoms. The van der Waals surface area contributed by atoms with Gasteiger partial charge in [0.25, 0.3) is 11.4 Å². The number of fused-ring (bicyclic) bond motifs is 7. The van der Waals surface area contributed by atoms with Crippen LogP contribution in [0.1, 0.15) is 17.3 Å². The Hall–Kier alpha value is -8.02. The molecule has 11 aromatic rings. The molecular formula is C50H44BrN9O9S3. The van der Waals surface area contributed by atoms with Crippen LogP contribution >= 0.6 is 49.9 Å². The Balaban J connectivity index is 0.000000143. The van der Waals surface area contributed by atoms with E-state index < -0.39 is 9.85 Å². The number of aromatic nitrogens is 5. The smallest absolute Gasteiger partial charge is 0.269 e. The summed E-state index contributed by atoms with van der Waals surface area (Å²) in [6, 6.07) is 37.4. The number of carbonyl (C=O) groups is 1. The second-order valence-electron chi connectivity index (χ2n) is 14.9. The van der Waals surface area contributed by atoms with Crippen LogP contribution in [0.4, 0.5) is 22.2 Å². The van der Waals surface area contributed by atoms with Gasteiger partial charge in [-0.15, -0.1) is 0 Å². The molecule has 0 unspecified atom stereocenters. The third kappa shape index (κ3) is 12.3. The minimum Gasteiger partial charge on any atom is -0.497 e. The normalized spacial score (nSPS) is 10.6. The van der Waals surface area contributed by atoms with Gasteiger partial charge in [0.2, 0.25) is 0 Å². The quantitative estimate of drug-likeness (QED) is 0.0400. The summed E-state index contributed by atoms with van der Waals surface area (Å²) in [6.07, 6.45) is 4.01. The molecule has 11 rings (SSSR count). The van der Waals surface area contributed by atoms with E-state index in [0.29, 0.717) is 10.7 Å². The first-order valence-electron chi connectivity index (χ1n) is 21.4. The fourth-order valence-corrected chi connectivity index (χ4v) is 9.96. The number of nitrogens with zero attached hydrogens (tertiary/aromatic N) is 7. The highest BCUT2D eigenvalue weighted by molar-refractivity contribution is 9.09. The number of halogens is 1. The number of nitro benzene ring substituents is 2. The van der Waals surface area contributed by atoms with E-state index in [1.807, 2.05) is 83.4 Å². The molecule has 18 nitrogen and oxygen atoms in total. The number of hydrogen-bond acceptors (Lipinski definition) is 17. The average molecular weight is 1090 g/mol. The maximum atomic E-state index is 11.1. The summed E-state index contributed by atoms with van der Waals surface area (Å²) in [7, 11) is 4.97. The van der Waals surface area contributed by atoms with Crippen molar-refractivity contribution >= 4 is 118 Å². The number of hydrogen-bond donors (Lipinski definition) is 3. The van der Waals surface area contributed by atoms with E-state index in [1.54, 1.807) is 63.1 Å². The number of imidazole rings is 2. The van der Waals surface area contributed by atoms with Gasteiger partial charge in [-0.05, 0) is 97.9 Å². The number of ether oxygens (including phenoxy) is 3. The van der Waals surface area contributed by atoms with Crippen LogP contribution in [-0.4, -0.2) is 77.8 Å². The molecule has 0 radical (unpaired) electrons. The molecule has 6 aromatic carbocycles. The van der Waals surface area contributed by atoms with Crippen LogP contribution < -0.4 is 25.7 Å². The number of rotatable bonds is 9. The van der Waals surface area contributed by atoms with Crippen molar-refractivity contribution in [1.82, 2.24) is 23.8 Å². The number of benzene rings is 6. The molecule has 0 bridgehead atoms. The Labute approximate surface area is 430 Å². The summed E-state index contributed by atoms with van der Waals surface area (Å²) >= 11 is 7.72. The number of nitrogens with two attached hydrogens (primary N) is 2. The molecule has 0 fully saturated rings. The van der Waals surface area contributed by atoms with E-state index >= 15 is 0 Å². The lowest BCUT2D eigenvalue weighted by atomic mass is 10.1. The first-order chi connectivity index (χ1) is 34.7. The Morgan fingerprint density at radius 1 is 0.625 bits per heavy atom. The fourth-order valence-electron chi connectivity index (χ4n) is 6.80. The molecule has 0 atom stereocenters. The average Bonchev–Trinajstić information content (AvgIpc) is 4.23. The molecular weight excluding hydrogens is 1050 g/mol. The Morgan fingerprint density at radius 3 is 1.47 bits per heavy atom. The van der Waals surface area contributed by atoms with Crippen LogP contribution in [0.25, 0.3) is 63.1 Å². The van der Waals surface area contributed by atoms with Gasteiger partial charge in [-0.2, -0.15) is 0 Å². The first kappa shape index (κ1) is 51.8. The van der Waals surface area contributed by atoms with Gasteiger partial charge in [0.05, 0.1) is 78.5 Å². The van der Waals surface area contributed by atoms with Gasteiger partial charge >= 0.3 is 0 Å². The molecule has 0 aliphatic heterocycles. The van der Waals surface area contributed by atoms with Crippen molar-refractivity contribution in [3.8, 4) is 39.8 Å². The number of aliphatic hydroxyl groups is 1. The molecule has 0 aliphatic carbocycles. The number of anilines is 2. The number of aliphatic hydroxyl groups excluding tert-OH is 1. The summed E-state index contributed by atoms with van der Waals surface area (Å²) in [5, 5.41) is 29.4. The van der Waals surface area contributed by atoms with Gasteiger partial charge < -0.3 is 30.8 Å². The zero-order valence-electron chi connectivity index (χ0n) is 38.8. The number of Topliss-reactive ketones (excluding diaryl/α,β-unsaturated/α-hetero) is 1. The monoisotopic (exact) mass is 1090 g/mol. The molecule has 22 heteroatoms. The molecule has 0 spiro atoms. The Morgan fingerprint density at radius 2 is 1.04 bits per heavy atom. The van der Waals surface area contributed by atoms with E-state index in [-0.39, 0.29) is 29.1 Å². The molecule has 0 saturated carbocycles. The summed E-state index contributed by atoms with van der Waals surface area (Å²) in [4.78, 5) is 46.5. The first-order valence-corrected chi connectivity index (χ1v) is 25.0. The number of methoxy groups -OCH3 is 3. The van der Waals surface area contributed by atoms with Gasteiger partial charge in [-0.1, -0.05) is 62.1 Å². The molecule has 0 amide bonds. The van der Waals surface area contributed by atoms with Gasteiger partial charge in [0.1, 0.15) is 17.2 Å². The second-order valence-corrected chi connectivity index (χ2v) is 18.6. The van der Waals surface area contributed by atoms with Crippen LogP contribution in [0.2, 0.25) is 0 Å². The van der Waals surface area contributed by atoms with Crippen LogP contribution in [0.15, 0.2) is 140 Å². The van der Waals surface area contributed by atoms with E-state index in [2.05, 4.69) is 42.6 Å². The van der Waals surface area contributed by atoms with Crippen molar-refractivity contribution in [3.05, 3.63) is 166 Å². The topological polar surface area (TPSA) is 251 Å². The summed E-state index contributed by atoms with van der Waals surface area (Å²) in [6.45, 7) is 1.93. The number of carbonyl (C=O) groups excluding carboxylic acids is 1. The van der Waals surface area contributed by atoms with Gasteiger partial charge in [-0.3, -0.25) is 33.8 Å². The number of nitro groups is 2. The fraction of sp³-hybridized carbons (Fsp3) is 0.120. The minimum atomic E-state index is -0.498. The number of alkyl halides is 1. The predicted octanol–water partition coefficient (Wildman–Crippen LogP) is 12.0. The third-order valence-electron chi connectivity index (χ3n) is 10.3. The summed E-state index contributed by atoms with van der Waals surface area (Å²) in [5.74, 6) is 2.43. The Bertz CT molecular complexity index is 3650. The van der Waals surface area contributed by atoms with E-state index in [9.17, 15) is 25.0 Å². The SMILES string of the molecule is CCO.COc1ccc2c(c1)sc1nc(-c3ccc(N)cc3)cn12.COc1ccc2c(c1)sc1nc(-c3ccc([N+](=O)[O-])cc3)cn12.COc1ccc2nc(N)sc2c1.O=C(CBr)c1ccc([N+](=O)[O-])cc1. The largest absolute Gasteiger partial charge is 0.497 e. The van der Waals surface area contributed by atoms with Crippen molar-refractivity contribution in [2.45, 2.75) is 6.92 Å². The molecule has 5 heterocycles. The number of nitrogen functional groups attached to an aromatic ring is 2. The molecule has 5 aromatic heterocycles. The lowest BCUT2D eigenvalue weighted by Gasteiger charge is -1.99. The second kappa shape index (κ2) is 23.7. The highest BCUT2D eigenvalue weighted by Crippen LogP contribution is 2.34. The van der Waals surface area contributed by atoms with Crippen LogP contribution in [0, 0.1) is 20.2 Å². The third-order valence-corrected chi connectivity index (χ3v) is 13.7. The molecule has 368 valence electrons. The molecule has 5 N–H and O–H groups in total. The summed E-state index contributed by atoms with van der Waals surface area (Å²) < 4.78 is 23.0. The van der Waals surface area contributed by atoms with Crippen LogP contribution in [0.3, 0.4) is 0 Å². The van der Waals surface area contributed by atoms with Crippen LogP contribution in [-0.2, 0) is 0 Å². The summed E-state index contributed by atoms with van der Waals surface area (Å²) in [5.41, 5.74) is 19.4. The predicted molar refractivity (Wildman–Crippen MR) is 291 cm³/mol. The maximum absolute atomic E-state index is 11.1. The van der Waals surface area contributed by atoms with E-state index in [4.69, 9.17) is 35.8 Å². The van der Waals surface area contributed by atoms with Crippen molar-refractivity contribution in [2.24, 2.45) is 0 Å². The van der Waals surface area contributed by atoms with Crippen molar-refractivity contribution in [2.75, 3.05) is 44.7 Å². The molecule has 0 saturated heterocycles. The highest BCUT2D eigenvalue weighted by Gasteiger charge is 2.14. The highest BCUT2D eigenvalue weighted by atomic mass is 79.9. The zero-order chi connectivity index (χ0) is 51.5. The van der Waals surface area contributed by atoms with E-state index in [0.717, 1.165) is 81.3 Å². The Kier molecular flexibility index (Phi) is 17.1. The minimum absolute atomic E-state index is 0.00822. The number of thiazole rings is 3. The van der Waals surface area contributed by atoms with Gasteiger partial charge in [0.15, 0.2) is 20.8 Å². The number of ketones is 1. The zero-order valence-corrected chi connectivity index (χ0v) is 42.8. The lowest BCUT2D eigenvalue weighted by molar-refractivity contribution is -0.385. The number of non-ortho nitro benzene ring substituents is 2. The maximum Gasteiger partial charge on any atom is 0.269 e. The molecule has 0 aliphatic rings. The van der Waals surface area contributed by atoms with E-state index in [1.165, 1.54) is 52.4 Å². The standard InChI is InChI=1S/C16H11N3O3S.C16H13N3OS.C8H6BrNO3.C8H8N2OS.C2H6O/c1-22-12-6-7-14-15(8-12)23-16-17-13(9-18(14)16)10-2-4-11(5-3-10)19(20)21;1-20-12-6-7-14-15(8-12)21-16-18-13(9-19(14)16)10-2-4-11(17)5-3-10;9-5-8(11)6-1-3-7(4-2-6)10(12)13;1-11-5-2-3-6-7(4-5)12-8(9)10-6;1-2-3/h2-9H,1H3;2-9H,17H2,1H3;1-4H,5H2;2-4H,1H3,(H2,9,10);3H,2H2,1H3. The van der Waals surface area contributed by atoms with Crippen molar-refractivity contribution < 1.29 is 34.0 Å².